The minimum absolute atomic E-state index is 0.0797. The van der Waals surface area contributed by atoms with Crippen molar-refractivity contribution < 1.29 is 9.59 Å². The Kier molecular flexibility index (Phi) is 4.83. The summed E-state index contributed by atoms with van der Waals surface area (Å²) in [4.78, 5) is 27.5. The smallest absolute Gasteiger partial charge is 0.244 e. The number of hydrogen-bond acceptors (Lipinski definition) is 3. The molecule has 1 heterocycles. The molecule has 5 nitrogen and oxygen atoms in total. The quantitative estimate of drug-likeness (QED) is 0.922. The molecule has 0 saturated carbocycles. The first-order valence-corrected chi connectivity index (χ1v) is 7.33. The molecule has 1 aromatic carbocycles. The van der Waals surface area contributed by atoms with Crippen LogP contribution in [0.2, 0.25) is 0 Å². The Morgan fingerprint density at radius 2 is 2.10 bits per heavy atom. The molecule has 1 N–H and O–H groups in total. The zero-order valence-corrected chi connectivity index (χ0v) is 13.0. The van der Waals surface area contributed by atoms with Crippen LogP contribution in [0.3, 0.4) is 0 Å². The van der Waals surface area contributed by atoms with Gasteiger partial charge in [-0.3, -0.25) is 9.59 Å². The van der Waals surface area contributed by atoms with Gasteiger partial charge >= 0.3 is 0 Å². The highest BCUT2D eigenvalue weighted by molar-refractivity contribution is 5.95. The zero-order chi connectivity index (χ0) is 15.4. The number of aryl methyl sites for hydroxylation is 1. The zero-order valence-electron chi connectivity index (χ0n) is 13.0. The van der Waals surface area contributed by atoms with Crippen LogP contribution in [0.1, 0.15) is 24.8 Å². The van der Waals surface area contributed by atoms with Crippen molar-refractivity contribution in [3.05, 3.63) is 23.8 Å². The maximum absolute atomic E-state index is 12.1. The van der Waals surface area contributed by atoms with E-state index >= 15 is 0 Å². The van der Waals surface area contributed by atoms with Crippen molar-refractivity contribution in [3.63, 3.8) is 0 Å². The summed E-state index contributed by atoms with van der Waals surface area (Å²) >= 11 is 0. The largest absolute Gasteiger partial charge is 0.378 e. The summed E-state index contributed by atoms with van der Waals surface area (Å²) in [6.45, 7) is 2.80. The fourth-order valence-electron chi connectivity index (χ4n) is 2.46. The fourth-order valence-corrected chi connectivity index (χ4v) is 2.46. The highest BCUT2D eigenvalue weighted by Crippen LogP contribution is 2.21. The van der Waals surface area contributed by atoms with Crippen molar-refractivity contribution in [3.8, 4) is 0 Å². The molecule has 21 heavy (non-hydrogen) atoms. The third-order valence-electron chi connectivity index (χ3n) is 3.76. The van der Waals surface area contributed by atoms with Crippen molar-refractivity contribution in [2.45, 2.75) is 26.2 Å². The Bertz CT molecular complexity index is 540. The minimum atomic E-state index is -0.133. The predicted molar refractivity (Wildman–Crippen MR) is 84.6 cm³/mol. The molecule has 0 spiro atoms. The number of nitrogens with one attached hydrogen (secondary N) is 1. The summed E-state index contributed by atoms with van der Waals surface area (Å²) in [5, 5.41) is 2.89. The molecule has 114 valence electrons. The maximum atomic E-state index is 12.1. The predicted octanol–water partition coefficient (Wildman–Crippen LogP) is 2.01. The molecule has 1 saturated heterocycles. The summed E-state index contributed by atoms with van der Waals surface area (Å²) in [6.07, 6.45) is 2.47. The third-order valence-corrected chi connectivity index (χ3v) is 3.76. The number of nitrogens with zero attached hydrogens (tertiary/aromatic N) is 2. The van der Waals surface area contributed by atoms with E-state index in [1.165, 1.54) is 0 Å². The highest BCUT2D eigenvalue weighted by Gasteiger charge is 2.20. The number of rotatable bonds is 4. The lowest BCUT2D eigenvalue weighted by Gasteiger charge is -2.26. The highest BCUT2D eigenvalue weighted by atomic mass is 16.2. The van der Waals surface area contributed by atoms with Crippen LogP contribution in [0.5, 0.6) is 0 Å². The molecule has 0 aliphatic carbocycles. The van der Waals surface area contributed by atoms with Gasteiger partial charge in [-0.15, -0.1) is 0 Å². The number of piperidine rings is 1. The van der Waals surface area contributed by atoms with Crippen molar-refractivity contribution in [2.75, 3.05) is 37.4 Å². The molecule has 0 bridgehead atoms. The molecule has 0 atom stereocenters. The SMILES string of the molecule is Cc1cc(N(C)C)ccc1NC(=O)CN1CCCCC1=O. The molecule has 1 aromatic rings. The lowest BCUT2D eigenvalue weighted by molar-refractivity contribution is -0.136. The molecule has 1 fully saturated rings. The second-order valence-corrected chi connectivity index (χ2v) is 5.71. The van der Waals surface area contributed by atoms with E-state index in [2.05, 4.69) is 5.32 Å². The van der Waals surface area contributed by atoms with E-state index in [-0.39, 0.29) is 18.4 Å². The molecular weight excluding hydrogens is 266 g/mol. The van der Waals surface area contributed by atoms with Gasteiger partial charge in [0.1, 0.15) is 0 Å². The molecule has 2 amide bonds. The Balaban J connectivity index is 1.97. The number of benzene rings is 1. The Labute approximate surface area is 125 Å². The number of anilines is 2. The van der Waals surface area contributed by atoms with Gasteiger partial charge in [-0.2, -0.15) is 0 Å². The van der Waals surface area contributed by atoms with Crippen LogP contribution in [0.15, 0.2) is 18.2 Å². The second kappa shape index (κ2) is 6.61. The van der Waals surface area contributed by atoms with Crippen LogP contribution in [0.25, 0.3) is 0 Å². The summed E-state index contributed by atoms with van der Waals surface area (Å²) in [5.74, 6) is -0.0537. The molecule has 1 aliphatic rings. The average Bonchev–Trinajstić information content (AvgIpc) is 2.43. The van der Waals surface area contributed by atoms with Gasteiger partial charge in [0, 0.05) is 38.4 Å². The van der Waals surface area contributed by atoms with Crippen LogP contribution < -0.4 is 10.2 Å². The topological polar surface area (TPSA) is 52.7 Å². The van der Waals surface area contributed by atoms with E-state index in [0.29, 0.717) is 13.0 Å². The molecule has 0 aromatic heterocycles. The first-order chi connectivity index (χ1) is 9.97. The maximum Gasteiger partial charge on any atom is 0.244 e. The van der Waals surface area contributed by atoms with Crippen LogP contribution in [0.4, 0.5) is 11.4 Å². The van der Waals surface area contributed by atoms with Gasteiger partial charge < -0.3 is 15.1 Å². The summed E-state index contributed by atoms with van der Waals surface area (Å²) in [7, 11) is 3.96. The van der Waals surface area contributed by atoms with Crippen molar-refractivity contribution in [1.29, 1.82) is 0 Å². The molecule has 5 heteroatoms. The van der Waals surface area contributed by atoms with Gasteiger partial charge in [0.2, 0.25) is 11.8 Å². The minimum Gasteiger partial charge on any atom is -0.378 e. The summed E-state index contributed by atoms with van der Waals surface area (Å²) in [5.41, 5.74) is 2.91. The van der Waals surface area contributed by atoms with E-state index in [1.807, 2.05) is 44.1 Å². The summed E-state index contributed by atoms with van der Waals surface area (Å²) < 4.78 is 0. The molecule has 1 aliphatic heterocycles. The van der Waals surface area contributed by atoms with Crippen molar-refractivity contribution in [1.82, 2.24) is 4.90 Å². The van der Waals surface area contributed by atoms with Gasteiger partial charge in [0.15, 0.2) is 0 Å². The van der Waals surface area contributed by atoms with Crippen molar-refractivity contribution >= 4 is 23.2 Å². The standard InChI is InChI=1S/C16H23N3O2/c1-12-10-13(18(2)3)7-8-14(12)17-15(20)11-19-9-5-4-6-16(19)21/h7-8,10H,4-6,9,11H2,1-3H3,(H,17,20). The second-order valence-electron chi connectivity index (χ2n) is 5.71. The first-order valence-electron chi connectivity index (χ1n) is 7.33. The van der Waals surface area contributed by atoms with Gasteiger partial charge in [-0.25, -0.2) is 0 Å². The van der Waals surface area contributed by atoms with E-state index in [4.69, 9.17) is 0 Å². The van der Waals surface area contributed by atoms with Crippen LogP contribution in [-0.4, -0.2) is 43.9 Å². The van der Waals surface area contributed by atoms with E-state index in [1.54, 1.807) is 4.90 Å². The number of hydrogen-bond donors (Lipinski definition) is 1. The van der Waals surface area contributed by atoms with E-state index in [9.17, 15) is 9.59 Å². The molecule has 0 radical (unpaired) electrons. The van der Waals surface area contributed by atoms with Crippen LogP contribution >= 0.6 is 0 Å². The lowest BCUT2D eigenvalue weighted by Crippen LogP contribution is -2.40. The number of carbonyl (C=O) groups is 2. The van der Waals surface area contributed by atoms with Crippen LogP contribution in [0, 0.1) is 6.92 Å². The molecular formula is C16H23N3O2. The van der Waals surface area contributed by atoms with Gasteiger partial charge in [-0.1, -0.05) is 0 Å². The normalized spacial score (nSPS) is 15.0. The molecule has 2 rings (SSSR count). The lowest BCUT2D eigenvalue weighted by atomic mass is 10.1. The number of carbonyl (C=O) groups excluding carboxylic acids is 2. The fraction of sp³-hybridized carbons (Fsp3) is 0.500. The number of amides is 2. The summed E-state index contributed by atoms with van der Waals surface area (Å²) in [6, 6.07) is 5.90. The van der Waals surface area contributed by atoms with E-state index in [0.717, 1.165) is 29.8 Å². The Morgan fingerprint density at radius 1 is 1.33 bits per heavy atom. The van der Waals surface area contributed by atoms with Gasteiger partial charge in [-0.05, 0) is 43.5 Å². The monoisotopic (exact) mass is 289 g/mol. The molecule has 0 unspecified atom stereocenters. The average molecular weight is 289 g/mol. The van der Waals surface area contributed by atoms with Crippen molar-refractivity contribution in [2.24, 2.45) is 0 Å². The third kappa shape index (κ3) is 3.97. The van der Waals surface area contributed by atoms with Gasteiger partial charge in [0.05, 0.1) is 6.54 Å². The number of likely N-dealkylation sites (tertiary alicyclic amines) is 1. The van der Waals surface area contributed by atoms with Gasteiger partial charge in [0.25, 0.3) is 0 Å². The van der Waals surface area contributed by atoms with Crippen LogP contribution in [-0.2, 0) is 9.59 Å². The first kappa shape index (κ1) is 15.4. The Hall–Kier alpha value is -2.04. The Morgan fingerprint density at radius 3 is 2.71 bits per heavy atom. The van der Waals surface area contributed by atoms with E-state index < -0.39 is 0 Å².